The van der Waals surface area contributed by atoms with Gasteiger partial charge in [-0.2, -0.15) is 13.2 Å². The molecule has 1 aromatic rings. The third-order valence-electron chi connectivity index (χ3n) is 3.40. The van der Waals surface area contributed by atoms with Gasteiger partial charge < -0.3 is 10.1 Å². The quantitative estimate of drug-likeness (QED) is 0.901. The molecular formula is C13H16F3NO. The van der Waals surface area contributed by atoms with Crippen molar-refractivity contribution in [3.63, 3.8) is 0 Å². The van der Waals surface area contributed by atoms with Gasteiger partial charge in [-0.15, -0.1) is 0 Å². The van der Waals surface area contributed by atoms with Crippen molar-refractivity contribution in [2.24, 2.45) is 0 Å². The summed E-state index contributed by atoms with van der Waals surface area (Å²) < 4.78 is 42.7. The number of benzene rings is 1. The average molecular weight is 259 g/mol. The van der Waals surface area contributed by atoms with Crippen molar-refractivity contribution in [3.05, 3.63) is 35.4 Å². The third-order valence-corrected chi connectivity index (χ3v) is 3.40. The zero-order chi connectivity index (χ0) is 13.2. The summed E-state index contributed by atoms with van der Waals surface area (Å²) in [4.78, 5) is 0. The standard InChI is InChI=1S/C13H16F3NO/c1-18-9-12(7-2-8-17-12)10-3-5-11(6-4-10)13(14,15)16/h3-6,17H,2,7-9H2,1H3. The van der Waals surface area contributed by atoms with E-state index in [0.717, 1.165) is 37.1 Å². The van der Waals surface area contributed by atoms with Crippen LogP contribution in [0.2, 0.25) is 0 Å². The van der Waals surface area contributed by atoms with E-state index >= 15 is 0 Å². The van der Waals surface area contributed by atoms with Gasteiger partial charge in [0.05, 0.1) is 17.7 Å². The van der Waals surface area contributed by atoms with Gasteiger partial charge in [0.25, 0.3) is 0 Å². The highest BCUT2D eigenvalue weighted by Gasteiger charge is 2.36. The van der Waals surface area contributed by atoms with Crippen LogP contribution in [0.3, 0.4) is 0 Å². The van der Waals surface area contributed by atoms with E-state index < -0.39 is 11.7 Å². The van der Waals surface area contributed by atoms with E-state index in [0.29, 0.717) is 6.61 Å². The van der Waals surface area contributed by atoms with Crippen LogP contribution in [0.25, 0.3) is 0 Å². The van der Waals surface area contributed by atoms with Crippen molar-refractivity contribution >= 4 is 0 Å². The third kappa shape index (κ3) is 2.52. The minimum atomic E-state index is -4.28. The molecule has 1 unspecified atom stereocenters. The molecule has 0 bridgehead atoms. The zero-order valence-corrected chi connectivity index (χ0v) is 10.2. The lowest BCUT2D eigenvalue weighted by atomic mass is 9.88. The van der Waals surface area contributed by atoms with Crippen LogP contribution in [0.1, 0.15) is 24.0 Å². The lowest BCUT2D eigenvalue weighted by Crippen LogP contribution is -2.41. The van der Waals surface area contributed by atoms with Crippen LogP contribution in [-0.2, 0) is 16.5 Å². The molecule has 0 aliphatic carbocycles. The van der Waals surface area contributed by atoms with Gasteiger partial charge in [-0.3, -0.25) is 0 Å². The molecule has 1 aliphatic heterocycles. The number of ether oxygens (including phenoxy) is 1. The Hall–Kier alpha value is -1.07. The van der Waals surface area contributed by atoms with Gasteiger partial charge in [0, 0.05) is 7.11 Å². The molecule has 1 aromatic carbocycles. The van der Waals surface area contributed by atoms with Crippen LogP contribution < -0.4 is 5.32 Å². The predicted octanol–water partition coefficient (Wildman–Crippen LogP) is 2.93. The number of rotatable bonds is 3. The molecule has 2 rings (SSSR count). The molecule has 0 radical (unpaired) electrons. The second-order valence-electron chi connectivity index (χ2n) is 4.62. The van der Waals surface area contributed by atoms with Crippen LogP contribution in [0.4, 0.5) is 13.2 Å². The summed E-state index contributed by atoms with van der Waals surface area (Å²) in [5.41, 5.74) is -0.0922. The molecule has 1 aliphatic rings. The summed E-state index contributed by atoms with van der Waals surface area (Å²) >= 11 is 0. The van der Waals surface area contributed by atoms with E-state index in [-0.39, 0.29) is 5.54 Å². The van der Waals surface area contributed by atoms with Crippen LogP contribution in [0, 0.1) is 0 Å². The molecule has 0 aromatic heterocycles. The second kappa shape index (κ2) is 4.90. The fourth-order valence-corrected chi connectivity index (χ4v) is 2.48. The van der Waals surface area contributed by atoms with E-state index in [2.05, 4.69) is 5.32 Å². The summed E-state index contributed by atoms with van der Waals surface area (Å²) in [5.74, 6) is 0. The normalized spacial score (nSPS) is 24.4. The minimum Gasteiger partial charge on any atom is -0.382 e. The van der Waals surface area contributed by atoms with Crippen molar-refractivity contribution < 1.29 is 17.9 Å². The molecule has 0 saturated carbocycles. The summed E-state index contributed by atoms with van der Waals surface area (Å²) in [6.07, 6.45) is -2.40. The first-order chi connectivity index (χ1) is 8.48. The van der Waals surface area contributed by atoms with Gasteiger partial charge in [-0.05, 0) is 37.1 Å². The van der Waals surface area contributed by atoms with Crippen LogP contribution in [0.5, 0.6) is 0 Å². The van der Waals surface area contributed by atoms with Crippen molar-refractivity contribution in [3.8, 4) is 0 Å². The Kier molecular flexibility index (Phi) is 3.64. The van der Waals surface area contributed by atoms with Crippen molar-refractivity contribution in [1.82, 2.24) is 5.32 Å². The highest BCUT2D eigenvalue weighted by atomic mass is 19.4. The van der Waals surface area contributed by atoms with Gasteiger partial charge in [0.2, 0.25) is 0 Å². The molecule has 18 heavy (non-hydrogen) atoms. The lowest BCUT2D eigenvalue weighted by Gasteiger charge is -2.29. The minimum absolute atomic E-state index is 0.334. The fraction of sp³-hybridized carbons (Fsp3) is 0.538. The van der Waals surface area contributed by atoms with Crippen LogP contribution >= 0.6 is 0 Å². The lowest BCUT2D eigenvalue weighted by molar-refractivity contribution is -0.137. The van der Waals surface area contributed by atoms with Gasteiger partial charge in [0.1, 0.15) is 0 Å². The fourth-order valence-electron chi connectivity index (χ4n) is 2.48. The molecule has 1 N–H and O–H groups in total. The highest BCUT2D eigenvalue weighted by molar-refractivity contribution is 5.31. The summed E-state index contributed by atoms with van der Waals surface area (Å²) in [6.45, 7) is 1.34. The molecule has 0 spiro atoms. The van der Waals surface area contributed by atoms with Gasteiger partial charge in [-0.1, -0.05) is 12.1 Å². The molecule has 0 amide bonds. The Morgan fingerprint density at radius 2 is 1.94 bits per heavy atom. The summed E-state index contributed by atoms with van der Waals surface area (Å²) in [5, 5.41) is 3.34. The first kappa shape index (κ1) is 13.4. The zero-order valence-electron chi connectivity index (χ0n) is 10.2. The van der Waals surface area contributed by atoms with Gasteiger partial charge in [-0.25, -0.2) is 0 Å². The van der Waals surface area contributed by atoms with Crippen molar-refractivity contribution in [1.29, 1.82) is 0 Å². The Morgan fingerprint density at radius 3 is 2.39 bits per heavy atom. The van der Waals surface area contributed by atoms with Crippen molar-refractivity contribution in [2.45, 2.75) is 24.6 Å². The highest BCUT2D eigenvalue weighted by Crippen LogP contribution is 2.34. The molecule has 2 nitrogen and oxygen atoms in total. The second-order valence-corrected chi connectivity index (χ2v) is 4.62. The first-order valence-electron chi connectivity index (χ1n) is 5.90. The smallest absolute Gasteiger partial charge is 0.382 e. The maximum absolute atomic E-state index is 12.5. The Labute approximate surface area is 104 Å². The number of methoxy groups -OCH3 is 1. The summed E-state index contributed by atoms with van der Waals surface area (Å²) in [7, 11) is 1.60. The van der Waals surface area contributed by atoms with Crippen LogP contribution in [0.15, 0.2) is 24.3 Å². The van der Waals surface area contributed by atoms with Gasteiger partial charge >= 0.3 is 6.18 Å². The Morgan fingerprint density at radius 1 is 1.28 bits per heavy atom. The predicted molar refractivity (Wildman–Crippen MR) is 62.2 cm³/mol. The molecule has 5 heteroatoms. The summed E-state index contributed by atoms with van der Waals surface area (Å²) in [6, 6.07) is 5.35. The average Bonchev–Trinajstić information content (AvgIpc) is 2.78. The van der Waals surface area contributed by atoms with Crippen molar-refractivity contribution in [2.75, 3.05) is 20.3 Å². The SMILES string of the molecule is COCC1(c2ccc(C(F)(F)F)cc2)CCCN1. The molecule has 1 atom stereocenters. The molecule has 100 valence electrons. The van der Waals surface area contributed by atoms with E-state index in [1.165, 1.54) is 0 Å². The number of halogens is 3. The maximum Gasteiger partial charge on any atom is 0.416 e. The topological polar surface area (TPSA) is 21.3 Å². The van der Waals surface area contributed by atoms with Gasteiger partial charge in [0.15, 0.2) is 0 Å². The Bertz CT molecular complexity index is 394. The van der Waals surface area contributed by atoms with E-state index in [1.54, 1.807) is 19.2 Å². The molecule has 1 heterocycles. The molecule has 1 saturated heterocycles. The number of nitrogens with one attached hydrogen (secondary N) is 1. The van der Waals surface area contributed by atoms with E-state index in [1.807, 2.05) is 0 Å². The number of alkyl halides is 3. The monoisotopic (exact) mass is 259 g/mol. The number of hydrogen-bond acceptors (Lipinski definition) is 2. The molecular weight excluding hydrogens is 243 g/mol. The van der Waals surface area contributed by atoms with Crippen LogP contribution in [-0.4, -0.2) is 20.3 Å². The maximum atomic E-state index is 12.5. The van der Waals surface area contributed by atoms with E-state index in [4.69, 9.17) is 4.74 Å². The molecule has 1 fully saturated rings. The first-order valence-corrected chi connectivity index (χ1v) is 5.90. The van der Waals surface area contributed by atoms with E-state index in [9.17, 15) is 13.2 Å². The largest absolute Gasteiger partial charge is 0.416 e. The number of hydrogen-bond donors (Lipinski definition) is 1. The Balaban J connectivity index is 2.27.